The molecule has 5 atom stereocenters. The van der Waals surface area contributed by atoms with Gasteiger partial charge in [-0.25, -0.2) is 27.8 Å². The predicted molar refractivity (Wildman–Crippen MR) is 216 cm³/mol. The van der Waals surface area contributed by atoms with Crippen LogP contribution in [0, 0.1) is 24.4 Å². The van der Waals surface area contributed by atoms with Crippen molar-refractivity contribution < 1.29 is 32.2 Å². The van der Waals surface area contributed by atoms with E-state index in [1.54, 1.807) is 30.4 Å². The average molecular weight is 837 g/mol. The number of likely N-dealkylation sites (tertiary alicyclic amines) is 1. The van der Waals surface area contributed by atoms with Gasteiger partial charge in [0.05, 0.1) is 66.8 Å². The van der Waals surface area contributed by atoms with Gasteiger partial charge < -0.3 is 33.5 Å². The van der Waals surface area contributed by atoms with Crippen LogP contribution in [0.4, 0.5) is 24.9 Å². The summed E-state index contributed by atoms with van der Waals surface area (Å²) in [7, 11) is 1.75. The lowest BCUT2D eigenvalue weighted by Crippen LogP contribution is -2.57. The summed E-state index contributed by atoms with van der Waals surface area (Å²) in [6.45, 7) is 7.87. The number of carbonyl (C=O) groups is 1. The summed E-state index contributed by atoms with van der Waals surface area (Å²) in [5, 5.41) is 5.05. The Morgan fingerprint density at radius 1 is 0.885 bits per heavy atom. The molecule has 0 unspecified atom stereocenters. The first kappa shape index (κ1) is 38.0. The summed E-state index contributed by atoms with van der Waals surface area (Å²) < 4.78 is 66.4. The monoisotopic (exact) mass is 836 g/mol. The number of fused-ring (bicyclic) bond motifs is 8. The van der Waals surface area contributed by atoms with E-state index in [1.165, 1.54) is 28.9 Å². The van der Waals surface area contributed by atoms with Crippen molar-refractivity contribution in [1.29, 1.82) is 0 Å². The van der Waals surface area contributed by atoms with E-state index >= 15 is 8.78 Å². The zero-order valence-electron chi connectivity index (χ0n) is 33.8. The number of carbonyl (C=O) groups excluding carboxylic acids is 1. The molecule has 2 aromatic carbocycles. The van der Waals surface area contributed by atoms with Gasteiger partial charge in [0.1, 0.15) is 41.1 Å². The molecule has 316 valence electrons. The summed E-state index contributed by atoms with van der Waals surface area (Å²) in [4.78, 5) is 47.4. The van der Waals surface area contributed by atoms with Gasteiger partial charge in [-0.3, -0.25) is 9.69 Å². The third-order valence-electron chi connectivity index (χ3n) is 12.8. The zero-order chi connectivity index (χ0) is 41.7. The molecule has 4 aromatic heterocycles. The number of likely N-dealkylation sites (N-methyl/N-ethyl adjacent to an activating group) is 1. The quantitative estimate of drug-likeness (QED) is 0.239. The van der Waals surface area contributed by atoms with Crippen molar-refractivity contribution in [3.05, 3.63) is 72.1 Å². The number of aromatic nitrogens is 8. The minimum absolute atomic E-state index is 0.0217. The maximum Gasteiger partial charge on any atom is 0.317 e. The largest absolute Gasteiger partial charge is 0.458 e. The summed E-state index contributed by atoms with van der Waals surface area (Å²) in [6, 6.07) is 7.97. The van der Waals surface area contributed by atoms with Gasteiger partial charge in [0.25, 0.3) is 0 Å². The van der Waals surface area contributed by atoms with Crippen LogP contribution in [-0.2, 0) is 20.8 Å². The number of hydrogen-bond acceptors (Lipinski definition) is 13. The van der Waals surface area contributed by atoms with Crippen molar-refractivity contribution in [3.8, 4) is 23.0 Å². The van der Waals surface area contributed by atoms with E-state index in [-0.39, 0.29) is 43.2 Å². The Morgan fingerprint density at radius 2 is 1.75 bits per heavy atom. The molecule has 0 N–H and O–H groups in total. The van der Waals surface area contributed by atoms with Gasteiger partial charge in [-0.15, -0.1) is 0 Å². The van der Waals surface area contributed by atoms with Crippen molar-refractivity contribution in [1.82, 2.24) is 49.1 Å². The zero-order valence-corrected chi connectivity index (χ0v) is 33.8. The Hall–Kier alpha value is -5.92. The molecule has 0 aliphatic carbocycles. The fourth-order valence-corrected chi connectivity index (χ4v) is 9.93. The van der Waals surface area contributed by atoms with Crippen molar-refractivity contribution in [2.45, 2.75) is 69.6 Å². The number of hydrogen-bond donors (Lipinski definition) is 0. The Bertz CT molecular complexity index is 2710. The molecule has 9 heterocycles. The minimum Gasteiger partial charge on any atom is -0.458 e. The third kappa shape index (κ3) is 6.43. The van der Waals surface area contributed by atoms with Gasteiger partial charge in [-0.1, -0.05) is 0 Å². The van der Waals surface area contributed by atoms with Gasteiger partial charge in [-0.05, 0) is 44.5 Å². The lowest BCUT2D eigenvalue weighted by atomic mass is 10.1. The van der Waals surface area contributed by atoms with E-state index in [2.05, 4.69) is 19.9 Å². The summed E-state index contributed by atoms with van der Waals surface area (Å²) in [5.41, 5.74) is 2.46. The van der Waals surface area contributed by atoms with E-state index in [0.717, 1.165) is 32.2 Å². The fourth-order valence-electron chi connectivity index (χ4n) is 9.93. The van der Waals surface area contributed by atoms with Crippen LogP contribution in [0.5, 0.6) is 6.01 Å². The lowest BCUT2D eigenvalue weighted by Gasteiger charge is -2.42. The van der Waals surface area contributed by atoms with Crippen molar-refractivity contribution >= 4 is 39.7 Å². The topological polar surface area (TPSA) is 145 Å². The number of rotatable bonds is 6. The number of halogens is 3. The standard InChI is InChI=1S/C42H43F3N12O4/c1-4-60-29-17-52(3)40(58)36-13-28(61-42-46-8-7-33(49-42)30-9-24(44)11-34-37(30)53(19-29)22(2)48-34)18-56(36)38-31-14-47-57(35-6-5-23(43)10-32(35)45)39(31)51-41(50-38)55-16-25-12-26(55)15-54(25)27-20-59-21-27/h5-11,14,25-29,36H,4,12-13,15-21H2,1-3H3/t25-,26-,28+,29+,36+/m1/s1. The minimum atomic E-state index is -0.800. The van der Waals surface area contributed by atoms with Crippen molar-refractivity contribution in [2.75, 3.05) is 62.8 Å². The van der Waals surface area contributed by atoms with Crippen LogP contribution >= 0.6 is 0 Å². The fraction of sp³-hybridized carbons (Fsp3) is 0.452. The Morgan fingerprint density at radius 3 is 2.52 bits per heavy atom. The Labute approximate surface area is 347 Å². The smallest absolute Gasteiger partial charge is 0.317 e. The highest BCUT2D eigenvalue weighted by atomic mass is 19.1. The first-order chi connectivity index (χ1) is 29.6. The van der Waals surface area contributed by atoms with Gasteiger partial charge in [0.15, 0.2) is 11.5 Å². The summed E-state index contributed by atoms with van der Waals surface area (Å²) in [5.74, 6) is -0.660. The highest BCUT2D eigenvalue weighted by Gasteiger charge is 2.49. The second kappa shape index (κ2) is 14.6. The maximum absolute atomic E-state index is 15.5. The molecular formula is C42H43F3N12O4. The molecule has 5 aliphatic rings. The molecule has 0 saturated carbocycles. The first-order valence-electron chi connectivity index (χ1n) is 20.7. The van der Waals surface area contributed by atoms with Crippen LogP contribution in [0.15, 0.2) is 48.8 Å². The van der Waals surface area contributed by atoms with Gasteiger partial charge in [0, 0.05) is 75.7 Å². The van der Waals surface area contributed by atoms with E-state index < -0.39 is 35.7 Å². The normalized spacial score (nSPS) is 24.5. The van der Waals surface area contributed by atoms with E-state index in [4.69, 9.17) is 34.1 Å². The number of ether oxygens (including phenoxy) is 3. The van der Waals surface area contributed by atoms with Crippen LogP contribution in [-0.4, -0.2) is 144 Å². The maximum atomic E-state index is 15.5. The van der Waals surface area contributed by atoms with E-state index in [9.17, 15) is 9.18 Å². The number of imidazole rings is 1. The molecule has 0 spiro atoms. The van der Waals surface area contributed by atoms with Crippen LogP contribution in [0.2, 0.25) is 0 Å². The van der Waals surface area contributed by atoms with Crippen molar-refractivity contribution in [3.63, 3.8) is 0 Å². The second-order valence-electron chi connectivity index (χ2n) is 16.6. The van der Waals surface area contributed by atoms with Crippen molar-refractivity contribution in [2.24, 2.45) is 0 Å². The van der Waals surface area contributed by atoms with Gasteiger partial charge in [0.2, 0.25) is 11.9 Å². The molecular weight excluding hydrogens is 794 g/mol. The van der Waals surface area contributed by atoms with Crippen LogP contribution < -0.4 is 14.5 Å². The Balaban J connectivity index is 1.02. The summed E-state index contributed by atoms with van der Waals surface area (Å²) >= 11 is 0. The first-order valence-corrected chi connectivity index (χ1v) is 20.7. The molecule has 16 nitrogen and oxygen atoms in total. The predicted octanol–water partition coefficient (Wildman–Crippen LogP) is 3.91. The third-order valence-corrected chi connectivity index (χ3v) is 12.8. The molecule has 4 saturated heterocycles. The van der Waals surface area contributed by atoms with E-state index in [0.29, 0.717) is 82.7 Å². The molecule has 5 aliphatic heterocycles. The molecule has 1 amide bonds. The number of benzene rings is 2. The Kier molecular flexibility index (Phi) is 9.12. The lowest BCUT2D eigenvalue weighted by molar-refractivity contribution is -0.133. The molecule has 4 fully saturated rings. The molecule has 0 radical (unpaired) electrons. The number of nitrogens with zero attached hydrogens (tertiary/aromatic N) is 12. The second-order valence-corrected chi connectivity index (χ2v) is 16.6. The van der Waals surface area contributed by atoms with Crippen LogP contribution in [0.3, 0.4) is 0 Å². The molecule has 61 heavy (non-hydrogen) atoms. The number of anilines is 2. The number of amides is 1. The molecule has 11 rings (SSSR count). The average Bonchev–Trinajstić information content (AvgIpc) is 4.06. The number of aryl methyl sites for hydroxylation is 1. The highest BCUT2D eigenvalue weighted by Crippen LogP contribution is 2.40. The van der Waals surface area contributed by atoms with Gasteiger partial charge in [-0.2, -0.15) is 20.1 Å². The van der Waals surface area contributed by atoms with E-state index in [1.807, 2.05) is 23.3 Å². The highest BCUT2D eigenvalue weighted by molar-refractivity contribution is 5.94. The van der Waals surface area contributed by atoms with Crippen LogP contribution in [0.25, 0.3) is 39.0 Å². The molecule has 19 heteroatoms. The number of piperazine rings is 1. The molecule has 6 bridgehead atoms. The summed E-state index contributed by atoms with van der Waals surface area (Å²) in [6.07, 6.45) is 3.25. The molecule has 6 aromatic rings. The SMILES string of the molecule is CCO[C@H]1CN(C)C(=O)[C@@H]2C[C@@H](CN2c2nc(N3C[C@H]4C[C@@H]3CN4C3COC3)nc3c2cnn3-c2ccc(F)cc2F)Oc2nccc(n2)-c2cc(F)cc3nc(C)n(c23)C1. The van der Waals surface area contributed by atoms with Crippen LogP contribution in [0.1, 0.15) is 25.6 Å². The van der Waals surface area contributed by atoms with Gasteiger partial charge >= 0.3 is 6.01 Å².